The number of esters is 1. The van der Waals surface area contributed by atoms with E-state index in [1.807, 2.05) is 0 Å². The summed E-state index contributed by atoms with van der Waals surface area (Å²) in [5, 5.41) is 0. The molecule has 0 atom stereocenters. The van der Waals surface area contributed by atoms with E-state index in [1.54, 1.807) is 6.92 Å². The number of carbonyl (C=O) groups excluding carboxylic acids is 1. The Morgan fingerprint density at radius 3 is 2.71 bits per heavy atom. The fraction of sp³-hybridized carbons (Fsp3) is 0.400. The average Bonchev–Trinajstić information content (AvgIpc) is 2.27. The van der Waals surface area contributed by atoms with E-state index in [2.05, 4.69) is 14.5 Å². The first-order valence-electron chi connectivity index (χ1n) is 4.80. The summed E-state index contributed by atoms with van der Waals surface area (Å²) in [6.45, 7) is 1.65. The molecule has 1 rings (SSSR count). The second-order valence-corrected chi connectivity index (χ2v) is 3.04. The third kappa shape index (κ3) is 2.80. The molecule has 0 aromatic carbocycles. The predicted octanol–water partition coefficient (Wildman–Crippen LogP) is 1.79. The zero-order chi connectivity index (χ0) is 13.0. The van der Waals surface area contributed by atoms with Gasteiger partial charge in [-0.25, -0.2) is 13.6 Å². The van der Waals surface area contributed by atoms with Crippen LogP contribution in [0.3, 0.4) is 0 Å². The van der Waals surface area contributed by atoms with Crippen LogP contribution >= 0.6 is 0 Å². The van der Waals surface area contributed by atoms with Gasteiger partial charge in [-0.05, 0) is 13.0 Å². The van der Waals surface area contributed by atoms with Crippen LogP contribution in [0.4, 0.5) is 14.6 Å². The molecular formula is C10H12F2N2O3. The highest BCUT2D eigenvalue weighted by molar-refractivity contribution is 5.92. The summed E-state index contributed by atoms with van der Waals surface area (Å²) < 4.78 is 35.0. The van der Waals surface area contributed by atoms with E-state index in [0.717, 1.165) is 6.07 Å². The lowest BCUT2D eigenvalue weighted by Crippen LogP contribution is -2.12. The fourth-order valence-electron chi connectivity index (χ4n) is 1.29. The summed E-state index contributed by atoms with van der Waals surface area (Å²) in [6.07, 6.45) is -2.91. The number of aromatic nitrogens is 1. The molecule has 0 amide bonds. The second-order valence-electron chi connectivity index (χ2n) is 3.04. The monoisotopic (exact) mass is 246 g/mol. The Balaban J connectivity index is 3.35. The van der Waals surface area contributed by atoms with Crippen LogP contribution in [0, 0.1) is 0 Å². The molecule has 0 aliphatic rings. The summed E-state index contributed by atoms with van der Waals surface area (Å²) in [5.41, 5.74) is 4.46. The van der Waals surface area contributed by atoms with Crippen molar-refractivity contribution >= 4 is 11.8 Å². The number of halogens is 2. The minimum atomic E-state index is -2.91. The minimum absolute atomic E-state index is 0.0755. The molecule has 0 spiro atoms. The van der Waals surface area contributed by atoms with E-state index < -0.39 is 18.0 Å². The Hall–Kier alpha value is -1.92. The van der Waals surface area contributed by atoms with Crippen molar-refractivity contribution in [2.24, 2.45) is 0 Å². The van der Waals surface area contributed by atoms with Crippen LogP contribution in [0.15, 0.2) is 6.07 Å². The normalized spacial score (nSPS) is 10.4. The van der Waals surface area contributed by atoms with Crippen LogP contribution in [0.25, 0.3) is 0 Å². The average molecular weight is 246 g/mol. The van der Waals surface area contributed by atoms with Gasteiger partial charge in [0.15, 0.2) is 0 Å². The molecule has 1 heterocycles. The molecule has 0 bridgehead atoms. The number of pyridine rings is 1. The van der Waals surface area contributed by atoms with Crippen LogP contribution in [0.1, 0.15) is 29.3 Å². The lowest BCUT2D eigenvalue weighted by atomic mass is 10.1. The quantitative estimate of drug-likeness (QED) is 0.820. The number of rotatable bonds is 4. The molecule has 0 radical (unpaired) electrons. The van der Waals surface area contributed by atoms with E-state index in [0.29, 0.717) is 0 Å². The topological polar surface area (TPSA) is 74.4 Å². The molecule has 17 heavy (non-hydrogen) atoms. The van der Waals surface area contributed by atoms with Gasteiger partial charge in [0.25, 0.3) is 6.43 Å². The fourth-order valence-corrected chi connectivity index (χ4v) is 1.29. The molecule has 0 saturated heterocycles. The summed E-state index contributed by atoms with van der Waals surface area (Å²) in [4.78, 5) is 15.1. The van der Waals surface area contributed by atoms with Gasteiger partial charge in [-0.3, -0.25) is 0 Å². The highest BCUT2D eigenvalue weighted by atomic mass is 19.3. The number of hydrogen-bond acceptors (Lipinski definition) is 5. The number of methoxy groups -OCH3 is 1. The maximum Gasteiger partial charge on any atom is 0.338 e. The maximum atomic E-state index is 12.8. The molecule has 0 saturated carbocycles. The predicted molar refractivity (Wildman–Crippen MR) is 56.1 cm³/mol. The molecule has 0 fully saturated rings. The summed E-state index contributed by atoms with van der Waals surface area (Å²) in [7, 11) is 1.17. The van der Waals surface area contributed by atoms with Crippen LogP contribution in [0.2, 0.25) is 0 Å². The smallest absolute Gasteiger partial charge is 0.338 e. The van der Waals surface area contributed by atoms with Crippen molar-refractivity contribution in [3.05, 3.63) is 17.2 Å². The number of nitrogens with two attached hydrogens (primary N) is 1. The van der Waals surface area contributed by atoms with Crippen LogP contribution in [0.5, 0.6) is 5.88 Å². The van der Waals surface area contributed by atoms with Crippen molar-refractivity contribution in [3.63, 3.8) is 0 Å². The number of hydrogen-bond donors (Lipinski definition) is 1. The van der Waals surface area contributed by atoms with Crippen molar-refractivity contribution < 1.29 is 23.0 Å². The first-order chi connectivity index (χ1) is 8.01. The number of ether oxygens (including phenoxy) is 2. The Bertz CT molecular complexity index is 424. The van der Waals surface area contributed by atoms with Gasteiger partial charge in [0.2, 0.25) is 5.88 Å². The third-order valence-electron chi connectivity index (χ3n) is 1.95. The Morgan fingerprint density at radius 1 is 1.59 bits per heavy atom. The largest absolute Gasteiger partial charge is 0.481 e. The highest BCUT2D eigenvalue weighted by Crippen LogP contribution is 2.32. The summed E-state index contributed by atoms with van der Waals surface area (Å²) >= 11 is 0. The van der Waals surface area contributed by atoms with Gasteiger partial charge in [0.1, 0.15) is 5.82 Å². The van der Waals surface area contributed by atoms with Gasteiger partial charge < -0.3 is 15.2 Å². The number of alkyl halides is 2. The highest BCUT2D eigenvalue weighted by Gasteiger charge is 2.26. The zero-order valence-electron chi connectivity index (χ0n) is 9.37. The molecule has 1 aromatic heterocycles. The Kier molecular flexibility index (Phi) is 4.19. The van der Waals surface area contributed by atoms with Gasteiger partial charge in [0, 0.05) is 0 Å². The number of anilines is 1. The summed E-state index contributed by atoms with van der Waals surface area (Å²) in [5.74, 6) is -1.34. The van der Waals surface area contributed by atoms with Crippen molar-refractivity contribution in [2.45, 2.75) is 13.3 Å². The van der Waals surface area contributed by atoms with Crippen molar-refractivity contribution in [1.82, 2.24) is 4.98 Å². The van der Waals surface area contributed by atoms with Gasteiger partial charge in [0.05, 0.1) is 24.8 Å². The van der Waals surface area contributed by atoms with E-state index in [9.17, 15) is 13.6 Å². The molecule has 94 valence electrons. The van der Waals surface area contributed by atoms with Crippen molar-refractivity contribution in [1.29, 1.82) is 0 Å². The zero-order valence-corrected chi connectivity index (χ0v) is 9.37. The van der Waals surface area contributed by atoms with Gasteiger partial charge in [-0.2, -0.15) is 4.98 Å². The Labute approximate surface area is 96.5 Å². The van der Waals surface area contributed by atoms with Gasteiger partial charge in [-0.15, -0.1) is 0 Å². The molecule has 2 N–H and O–H groups in total. The third-order valence-corrected chi connectivity index (χ3v) is 1.95. The molecule has 0 aliphatic carbocycles. The van der Waals surface area contributed by atoms with Crippen molar-refractivity contribution in [3.8, 4) is 5.88 Å². The SMILES string of the molecule is CCOC(=O)c1cc(N)nc(OC)c1C(F)F. The number of carbonyl (C=O) groups is 1. The standard InChI is InChI=1S/C10H12F2N2O3/c1-3-17-10(15)5-4-6(13)14-9(16-2)7(5)8(11)12/h4,8H,3H2,1-2H3,(H2,13,14). The van der Waals surface area contributed by atoms with Crippen LogP contribution in [-0.4, -0.2) is 24.7 Å². The van der Waals surface area contributed by atoms with E-state index in [-0.39, 0.29) is 23.9 Å². The molecule has 1 aromatic rings. The summed E-state index contributed by atoms with van der Waals surface area (Å²) in [6, 6.07) is 1.04. The first kappa shape index (κ1) is 13.1. The first-order valence-corrected chi connectivity index (χ1v) is 4.80. The lowest BCUT2D eigenvalue weighted by molar-refractivity contribution is 0.0513. The van der Waals surface area contributed by atoms with Crippen LogP contribution < -0.4 is 10.5 Å². The van der Waals surface area contributed by atoms with Crippen molar-refractivity contribution in [2.75, 3.05) is 19.5 Å². The molecule has 7 heteroatoms. The maximum absolute atomic E-state index is 12.8. The van der Waals surface area contributed by atoms with Gasteiger partial charge >= 0.3 is 5.97 Å². The lowest BCUT2D eigenvalue weighted by Gasteiger charge is -2.12. The minimum Gasteiger partial charge on any atom is -0.481 e. The van der Waals surface area contributed by atoms with Crippen LogP contribution in [-0.2, 0) is 4.74 Å². The Morgan fingerprint density at radius 2 is 2.24 bits per heavy atom. The molecular weight excluding hydrogens is 234 g/mol. The van der Waals surface area contributed by atoms with E-state index in [1.165, 1.54) is 7.11 Å². The molecule has 0 unspecified atom stereocenters. The number of nitrogen functional groups attached to an aromatic ring is 1. The second kappa shape index (κ2) is 5.42. The van der Waals surface area contributed by atoms with E-state index >= 15 is 0 Å². The molecule has 5 nitrogen and oxygen atoms in total. The van der Waals surface area contributed by atoms with Gasteiger partial charge in [-0.1, -0.05) is 0 Å². The van der Waals surface area contributed by atoms with E-state index in [4.69, 9.17) is 5.73 Å². The number of nitrogens with zero attached hydrogens (tertiary/aromatic N) is 1. The molecule has 0 aliphatic heterocycles.